The number of hydrogen-bond acceptors (Lipinski definition) is 3. The highest BCUT2D eigenvalue weighted by molar-refractivity contribution is 5.35. The van der Waals surface area contributed by atoms with E-state index >= 15 is 0 Å². The number of nitrogens with one attached hydrogen (secondary N) is 1. The lowest BCUT2D eigenvalue weighted by Gasteiger charge is -2.18. The zero-order chi connectivity index (χ0) is 13.1. The molecule has 0 saturated heterocycles. The summed E-state index contributed by atoms with van der Waals surface area (Å²) in [4.78, 5) is 4.02. The molecule has 5 heteroatoms. The van der Waals surface area contributed by atoms with Crippen molar-refractivity contribution in [2.24, 2.45) is 5.84 Å². The Hall–Kier alpha value is -1.85. The van der Waals surface area contributed by atoms with Gasteiger partial charge in [-0.15, -0.1) is 0 Å². The molecule has 0 spiro atoms. The second kappa shape index (κ2) is 5.20. The van der Waals surface area contributed by atoms with Crippen LogP contribution in [-0.4, -0.2) is 4.98 Å². The predicted octanol–water partition coefficient (Wildman–Crippen LogP) is 2.22. The fourth-order valence-electron chi connectivity index (χ4n) is 1.84. The highest BCUT2D eigenvalue weighted by Gasteiger charge is 2.16. The van der Waals surface area contributed by atoms with Gasteiger partial charge in [-0.1, -0.05) is 6.07 Å². The Morgan fingerprint density at radius 2 is 2.00 bits per heavy atom. The number of nitrogens with zero attached hydrogens (tertiary/aromatic N) is 1. The number of pyridine rings is 1. The molecular formula is C13H13F2N3. The lowest BCUT2D eigenvalue weighted by atomic mass is 9.97. The molecule has 1 atom stereocenters. The van der Waals surface area contributed by atoms with Gasteiger partial charge in [-0.05, 0) is 41.8 Å². The Morgan fingerprint density at radius 1 is 1.22 bits per heavy atom. The molecule has 1 unspecified atom stereocenters. The van der Waals surface area contributed by atoms with Crippen LogP contribution in [0.2, 0.25) is 0 Å². The summed E-state index contributed by atoms with van der Waals surface area (Å²) in [5.74, 6) is 3.73. The molecule has 2 rings (SSSR count). The SMILES string of the molecule is Cc1ccncc1C(NN)c1ccc(F)c(F)c1. The average Bonchev–Trinajstić information content (AvgIpc) is 2.37. The van der Waals surface area contributed by atoms with E-state index in [9.17, 15) is 8.78 Å². The molecule has 3 N–H and O–H groups in total. The van der Waals surface area contributed by atoms with Gasteiger partial charge in [-0.25, -0.2) is 14.2 Å². The maximum absolute atomic E-state index is 13.2. The zero-order valence-corrected chi connectivity index (χ0v) is 9.82. The second-order valence-corrected chi connectivity index (χ2v) is 4.01. The van der Waals surface area contributed by atoms with Crippen LogP contribution in [0.15, 0.2) is 36.7 Å². The minimum atomic E-state index is -0.894. The minimum Gasteiger partial charge on any atom is -0.271 e. The first-order valence-electron chi connectivity index (χ1n) is 5.45. The molecule has 18 heavy (non-hydrogen) atoms. The van der Waals surface area contributed by atoms with Crippen molar-refractivity contribution in [2.75, 3.05) is 0 Å². The van der Waals surface area contributed by atoms with Gasteiger partial charge in [0.15, 0.2) is 11.6 Å². The smallest absolute Gasteiger partial charge is 0.159 e. The summed E-state index contributed by atoms with van der Waals surface area (Å²) in [5, 5.41) is 0. The molecule has 1 heterocycles. The Bertz CT molecular complexity index is 558. The van der Waals surface area contributed by atoms with E-state index in [-0.39, 0.29) is 0 Å². The van der Waals surface area contributed by atoms with E-state index in [1.165, 1.54) is 6.07 Å². The molecule has 0 aliphatic heterocycles. The maximum Gasteiger partial charge on any atom is 0.159 e. The molecule has 0 fully saturated rings. The molecule has 3 nitrogen and oxygen atoms in total. The first-order chi connectivity index (χ1) is 8.63. The summed E-state index contributed by atoms with van der Waals surface area (Å²) in [7, 11) is 0. The molecule has 0 aliphatic rings. The molecule has 0 saturated carbocycles. The summed E-state index contributed by atoms with van der Waals surface area (Å²) >= 11 is 0. The molecule has 1 aromatic heterocycles. The molecular weight excluding hydrogens is 236 g/mol. The van der Waals surface area contributed by atoms with Gasteiger partial charge >= 0.3 is 0 Å². The van der Waals surface area contributed by atoms with Crippen molar-refractivity contribution in [1.29, 1.82) is 0 Å². The molecule has 0 aliphatic carbocycles. The van der Waals surface area contributed by atoms with Crippen LogP contribution in [0.5, 0.6) is 0 Å². The van der Waals surface area contributed by atoms with Gasteiger partial charge in [-0.2, -0.15) is 0 Å². The van der Waals surface area contributed by atoms with Gasteiger partial charge in [0, 0.05) is 12.4 Å². The summed E-state index contributed by atoms with van der Waals surface area (Å²) in [6.45, 7) is 1.90. The lowest BCUT2D eigenvalue weighted by molar-refractivity contribution is 0.503. The van der Waals surface area contributed by atoms with Gasteiger partial charge in [0.25, 0.3) is 0 Å². The van der Waals surface area contributed by atoms with Crippen LogP contribution in [-0.2, 0) is 0 Å². The number of nitrogens with two attached hydrogens (primary N) is 1. The van der Waals surface area contributed by atoms with E-state index in [0.717, 1.165) is 23.3 Å². The number of hydrogen-bond donors (Lipinski definition) is 2. The third-order valence-corrected chi connectivity index (χ3v) is 2.83. The topological polar surface area (TPSA) is 50.9 Å². The third-order valence-electron chi connectivity index (χ3n) is 2.83. The summed E-state index contributed by atoms with van der Waals surface area (Å²) in [6, 6.07) is 5.12. The molecule has 0 bridgehead atoms. The number of benzene rings is 1. The van der Waals surface area contributed by atoms with Crippen LogP contribution in [0.3, 0.4) is 0 Å². The summed E-state index contributed by atoms with van der Waals surface area (Å²) < 4.78 is 26.1. The Balaban J connectivity index is 2.45. The van der Waals surface area contributed by atoms with Crippen molar-refractivity contribution in [3.05, 3.63) is 65.0 Å². The van der Waals surface area contributed by atoms with Crippen LogP contribution in [0.25, 0.3) is 0 Å². The summed E-state index contributed by atoms with van der Waals surface area (Å²) in [5.41, 5.74) is 4.94. The largest absolute Gasteiger partial charge is 0.271 e. The molecule has 94 valence electrons. The van der Waals surface area contributed by atoms with E-state index in [4.69, 9.17) is 5.84 Å². The van der Waals surface area contributed by atoms with Crippen molar-refractivity contribution in [2.45, 2.75) is 13.0 Å². The molecule has 1 aromatic carbocycles. The van der Waals surface area contributed by atoms with E-state index < -0.39 is 17.7 Å². The highest BCUT2D eigenvalue weighted by atomic mass is 19.2. The first-order valence-corrected chi connectivity index (χ1v) is 5.45. The Labute approximate surface area is 104 Å². The van der Waals surface area contributed by atoms with Crippen molar-refractivity contribution < 1.29 is 8.78 Å². The lowest BCUT2D eigenvalue weighted by Crippen LogP contribution is -2.29. The van der Waals surface area contributed by atoms with Crippen molar-refractivity contribution in [3.8, 4) is 0 Å². The third kappa shape index (κ3) is 2.37. The number of rotatable bonds is 3. The number of halogens is 2. The van der Waals surface area contributed by atoms with Gasteiger partial charge < -0.3 is 0 Å². The van der Waals surface area contributed by atoms with Crippen molar-refractivity contribution >= 4 is 0 Å². The Kier molecular flexibility index (Phi) is 3.64. The normalized spacial score (nSPS) is 12.4. The Morgan fingerprint density at radius 3 is 2.61 bits per heavy atom. The average molecular weight is 249 g/mol. The van der Waals surface area contributed by atoms with Crippen LogP contribution >= 0.6 is 0 Å². The zero-order valence-electron chi connectivity index (χ0n) is 9.82. The molecule has 0 amide bonds. The maximum atomic E-state index is 13.2. The van der Waals surface area contributed by atoms with E-state index in [1.807, 2.05) is 13.0 Å². The summed E-state index contributed by atoms with van der Waals surface area (Å²) in [6.07, 6.45) is 3.32. The van der Waals surface area contributed by atoms with Crippen molar-refractivity contribution in [3.63, 3.8) is 0 Å². The van der Waals surface area contributed by atoms with E-state index in [1.54, 1.807) is 12.4 Å². The van der Waals surface area contributed by atoms with Crippen LogP contribution in [0, 0.1) is 18.6 Å². The van der Waals surface area contributed by atoms with Gasteiger partial charge in [-0.3, -0.25) is 10.8 Å². The molecule has 0 radical (unpaired) electrons. The van der Waals surface area contributed by atoms with E-state index in [0.29, 0.717) is 5.56 Å². The van der Waals surface area contributed by atoms with Gasteiger partial charge in [0.05, 0.1) is 6.04 Å². The quantitative estimate of drug-likeness (QED) is 0.647. The fourth-order valence-corrected chi connectivity index (χ4v) is 1.84. The predicted molar refractivity (Wildman–Crippen MR) is 64.5 cm³/mol. The number of aromatic nitrogens is 1. The van der Waals surface area contributed by atoms with E-state index in [2.05, 4.69) is 10.4 Å². The molecule has 2 aromatic rings. The van der Waals surface area contributed by atoms with Crippen LogP contribution in [0.4, 0.5) is 8.78 Å². The van der Waals surface area contributed by atoms with Crippen LogP contribution in [0.1, 0.15) is 22.7 Å². The number of aryl methyl sites for hydroxylation is 1. The number of hydrazine groups is 1. The van der Waals surface area contributed by atoms with Gasteiger partial charge in [0.2, 0.25) is 0 Å². The van der Waals surface area contributed by atoms with Crippen molar-refractivity contribution in [1.82, 2.24) is 10.4 Å². The van der Waals surface area contributed by atoms with Gasteiger partial charge in [0.1, 0.15) is 0 Å². The fraction of sp³-hybridized carbons (Fsp3) is 0.154. The highest BCUT2D eigenvalue weighted by Crippen LogP contribution is 2.24. The standard InChI is InChI=1S/C13H13F2N3/c1-8-4-5-17-7-10(8)13(18-16)9-2-3-11(14)12(15)6-9/h2-7,13,18H,16H2,1H3. The monoisotopic (exact) mass is 249 g/mol. The second-order valence-electron chi connectivity index (χ2n) is 4.01. The first kappa shape index (κ1) is 12.6. The van der Waals surface area contributed by atoms with Crippen LogP contribution < -0.4 is 11.3 Å². The minimum absolute atomic E-state index is 0.422.